The van der Waals surface area contributed by atoms with E-state index >= 15 is 0 Å². The van der Waals surface area contributed by atoms with E-state index in [2.05, 4.69) is 6.92 Å². The van der Waals surface area contributed by atoms with Gasteiger partial charge in [-0.2, -0.15) is 0 Å². The summed E-state index contributed by atoms with van der Waals surface area (Å²) in [6.45, 7) is 4.74. The quantitative estimate of drug-likeness (QED) is 0.613. The molecule has 0 saturated carbocycles. The number of carbonyl (C=O) groups excluding carboxylic acids is 2. The molecule has 1 aliphatic rings. The molecular formula is C16H21NO3. The van der Waals surface area contributed by atoms with E-state index in [9.17, 15) is 9.59 Å². The van der Waals surface area contributed by atoms with Crippen LogP contribution in [0.2, 0.25) is 0 Å². The van der Waals surface area contributed by atoms with Gasteiger partial charge in [-0.25, -0.2) is 0 Å². The first-order chi connectivity index (χ1) is 9.69. The molecule has 0 spiro atoms. The van der Waals surface area contributed by atoms with Gasteiger partial charge in [-0.1, -0.05) is 31.5 Å². The number of nitrogens with zero attached hydrogens (tertiary/aromatic N) is 1. The molecule has 1 amide bonds. The number of amides is 1. The van der Waals surface area contributed by atoms with Gasteiger partial charge in [0.2, 0.25) is 5.91 Å². The minimum absolute atomic E-state index is 0.0479. The van der Waals surface area contributed by atoms with Gasteiger partial charge in [-0.05, 0) is 31.4 Å². The van der Waals surface area contributed by atoms with Crippen LogP contribution in [-0.2, 0) is 14.3 Å². The highest BCUT2D eigenvalue weighted by molar-refractivity contribution is 6.08. The van der Waals surface area contributed by atoms with Crippen LogP contribution in [0, 0.1) is 11.8 Å². The molecule has 0 bridgehead atoms. The molecule has 4 heteroatoms. The lowest BCUT2D eigenvalue weighted by Gasteiger charge is -2.16. The Balaban J connectivity index is 2.22. The van der Waals surface area contributed by atoms with Crippen LogP contribution in [0.3, 0.4) is 0 Å². The average molecular weight is 275 g/mol. The smallest absolute Gasteiger partial charge is 0.318 e. The molecule has 0 N–H and O–H groups in total. The number of esters is 1. The Morgan fingerprint density at radius 3 is 2.60 bits per heavy atom. The van der Waals surface area contributed by atoms with Gasteiger partial charge in [0.05, 0.1) is 6.61 Å². The van der Waals surface area contributed by atoms with Crippen LogP contribution in [0.15, 0.2) is 30.3 Å². The fourth-order valence-corrected chi connectivity index (χ4v) is 2.79. The number of rotatable bonds is 5. The Morgan fingerprint density at radius 2 is 2.00 bits per heavy atom. The molecule has 0 aliphatic carbocycles. The van der Waals surface area contributed by atoms with Crippen molar-refractivity contribution in [2.24, 2.45) is 11.8 Å². The highest BCUT2D eigenvalue weighted by Crippen LogP contribution is 2.33. The predicted molar refractivity (Wildman–Crippen MR) is 77.3 cm³/mol. The summed E-state index contributed by atoms with van der Waals surface area (Å²) >= 11 is 0. The summed E-state index contributed by atoms with van der Waals surface area (Å²) < 4.78 is 5.07. The van der Waals surface area contributed by atoms with E-state index < -0.39 is 5.92 Å². The molecule has 1 aliphatic heterocycles. The first-order valence-electron chi connectivity index (χ1n) is 7.22. The van der Waals surface area contributed by atoms with Crippen molar-refractivity contribution >= 4 is 17.6 Å². The van der Waals surface area contributed by atoms with E-state index in [1.807, 2.05) is 30.3 Å². The lowest BCUT2D eigenvalue weighted by molar-refractivity contribution is -0.152. The maximum atomic E-state index is 12.5. The number of benzene rings is 1. The predicted octanol–water partition coefficient (Wildman–Crippen LogP) is 2.63. The zero-order valence-electron chi connectivity index (χ0n) is 12.0. The van der Waals surface area contributed by atoms with Gasteiger partial charge in [-0.15, -0.1) is 0 Å². The minimum atomic E-state index is -0.643. The van der Waals surface area contributed by atoms with Gasteiger partial charge in [0, 0.05) is 12.2 Å². The standard InChI is InChI=1S/C16H21NO3/c1-3-8-12-11-17(13-9-6-5-7-10-13)15(18)14(12)16(19)20-4-2/h5-7,9-10,12,14H,3-4,8,11H2,1-2H3/t12-,14+/m1/s1. The number of hydrogen-bond donors (Lipinski definition) is 0. The van der Waals surface area contributed by atoms with Gasteiger partial charge in [0.25, 0.3) is 0 Å². The average Bonchev–Trinajstić information content (AvgIpc) is 2.77. The first-order valence-corrected chi connectivity index (χ1v) is 7.22. The Hall–Kier alpha value is -1.84. The third-order valence-corrected chi connectivity index (χ3v) is 3.69. The van der Waals surface area contributed by atoms with E-state index in [0.29, 0.717) is 13.2 Å². The molecular weight excluding hydrogens is 254 g/mol. The van der Waals surface area contributed by atoms with E-state index in [0.717, 1.165) is 18.5 Å². The van der Waals surface area contributed by atoms with E-state index in [1.165, 1.54) is 0 Å². The second-order valence-electron chi connectivity index (χ2n) is 5.06. The van der Waals surface area contributed by atoms with Crippen molar-refractivity contribution < 1.29 is 14.3 Å². The van der Waals surface area contributed by atoms with Gasteiger partial charge >= 0.3 is 5.97 Å². The van der Waals surface area contributed by atoms with E-state index in [1.54, 1.807) is 11.8 Å². The van der Waals surface area contributed by atoms with Crippen molar-refractivity contribution in [1.82, 2.24) is 0 Å². The molecule has 0 aromatic heterocycles. The summed E-state index contributed by atoms with van der Waals surface area (Å²) in [4.78, 5) is 26.3. The first kappa shape index (κ1) is 14.6. The number of carbonyl (C=O) groups is 2. The third kappa shape index (κ3) is 2.84. The number of anilines is 1. The minimum Gasteiger partial charge on any atom is -0.465 e. The van der Waals surface area contributed by atoms with Crippen molar-refractivity contribution in [3.05, 3.63) is 30.3 Å². The van der Waals surface area contributed by atoms with Crippen molar-refractivity contribution in [2.45, 2.75) is 26.7 Å². The van der Waals surface area contributed by atoms with Gasteiger partial charge in [0.1, 0.15) is 5.92 Å². The van der Waals surface area contributed by atoms with Crippen LogP contribution in [0.1, 0.15) is 26.7 Å². The lowest BCUT2D eigenvalue weighted by atomic mass is 9.91. The Morgan fingerprint density at radius 1 is 1.30 bits per heavy atom. The number of ether oxygens (including phenoxy) is 1. The molecule has 1 aromatic carbocycles. The zero-order valence-corrected chi connectivity index (χ0v) is 12.0. The summed E-state index contributed by atoms with van der Waals surface area (Å²) in [5.41, 5.74) is 0.852. The van der Waals surface area contributed by atoms with Crippen LogP contribution in [0.25, 0.3) is 0 Å². The molecule has 1 heterocycles. The molecule has 0 radical (unpaired) electrons. The maximum absolute atomic E-state index is 12.5. The van der Waals surface area contributed by atoms with Crippen LogP contribution < -0.4 is 4.90 Å². The summed E-state index contributed by atoms with van der Waals surface area (Å²) in [7, 11) is 0. The molecule has 1 aromatic rings. The molecule has 0 unspecified atom stereocenters. The van der Waals surface area contributed by atoms with Crippen LogP contribution in [0.4, 0.5) is 5.69 Å². The normalized spacial score (nSPS) is 22.1. The fraction of sp³-hybridized carbons (Fsp3) is 0.500. The zero-order chi connectivity index (χ0) is 14.5. The van der Waals surface area contributed by atoms with Crippen molar-refractivity contribution in [2.75, 3.05) is 18.1 Å². The Bertz CT molecular complexity index is 472. The number of para-hydroxylation sites is 1. The fourth-order valence-electron chi connectivity index (χ4n) is 2.79. The maximum Gasteiger partial charge on any atom is 0.318 e. The molecule has 2 atom stereocenters. The molecule has 20 heavy (non-hydrogen) atoms. The highest BCUT2D eigenvalue weighted by Gasteiger charge is 2.45. The van der Waals surface area contributed by atoms with Crippen LogP contribution >= 0.6 is 0 Å². The molecule has 2 rings (SSSR count). The van der Waals surface area contributed by atoms with Gasteiger partial charge in [0.15, 0.2) is 0 Å². The summed E-state index contributed by atoms with van der Waals surface area (Å²) in [6.07, 6.45) is 1.81. The van der Waals surface area contributed by atoms with Crippen molar-refractivity contribution in [3.8, 4) is 0 Å². The van der Waals surface area contributed by atoms with Gasteiger partial charge < -0.3 is 9.64 Å². The van der Waals surface area contributed by atoms with Crippen molar-refractivity contribution in [1.29, 1.82) is 0 Å². The second kappa shape index (κ2) is 6.55. The molecule has 4 nitrogen and oxygen atoms in total. The molecule has 108 valence electrons. The third-order valence-electron chi connectivity index (χ3n) is 3.69. The van der Waals surface area contributed by atoms with Crippen molar-refractivity contribution in [3.63, 3.8) is 0 Å². The Labute approximate surface area is 119 Å². The largest absolute Gasteiger partial charge is 0.465 e. The number of hydrogen-bond acceptors (Lipinski definition) is 3. The van der Waals surface area contributed by atoms with Crippen LogP contribution in [0.5, 0.6) is 0 Å². The van der Waals surface area contributed by atoms with E-state index in [4.69, 9.17) is 4.74 Å². The van der Waals surface area contributed by atoms with E-state index in [-0.39, 0.29) is 17.8 Å². The summed E-state index contributed by atoms with van der Waals surface area (Å²) in [6, 6.07) is 9.50. The lowest BCUT2D eigenvalue weighted by Crippen LogP contribution is -2.32. The van der Waals surface area contributed by atoms with Crippen LogP contribution in [-0.4, -0.2) is 25.0 Å². The Kier molecular flexibility index (Phi) is 4.77. The van der Waals surface area contributed by atoms with Gasteiger partial charge in [-0.3, -0.25) is 9.59 Å². The topological polar surface area (TPSA) is 46.6 Å². The summed E-state index contributed by atoms with van der Waals surface area (Å²) in [5, 5.41) is 0. The summed E-state index contributed by atoms with van der Waals surface area (Å²) in [5.74, 6) is -1.11. The SMILES string of the molecule is CCC[C@@H]1CN(c2ccccc2)C(=O)[C@H]1C(=O)OCC. The second-order valence-corrected chi connectivity index (χ2v) is 5.06. The highest BCUT2D eigenvalue weighted by atomic mass is 16.5. The monoisotopic (exact) mass is 275 g/mol. The molecule has 1 fully saturated rings. The molecule has 1 saturated heterocycles.